The lowest BCUT2D eigenvalue weighted by atomic mass is 10.8. The molecule has 0 fully saturated rings. The Morgan fingerprint density at radius 1 is 0.875 bits per heavy atom. The molecule has 1 heterocycles. The van der Waals surface area contributed by atoms with Gasteiger partial charge in [0.1, 0.15) is 0 Å². The highest BCUT2D eigenvalue weighted by Crippen LogP contribution is 1.57. The van der Waals surface area contributed by atoms with E-state index in [2.05, 4.69) is 28.0 Å². The highest BCUT2D eigenvalue weighted by atomic mass is 28.2. The monoisotopic (exact) mass is 149 g/mol. The van der Waals surface area contributed by atoms with Crippen LogP contribution in [0.3, 0.4) is 0 Å². The molecule has 3 heteroatoms. The Morgan fingerprint density at radius 3 is 2.75 bits per heavy atom. The van der Waals surface area contributed by atoms with Gasteiger partial charge in [-0.15, -0.1) is 0 Å². The summed E-state index contributed by atoms with van der Waals surface area (Å²) in [6.07, 6.45) is 2.16. The average Bonchev–Trinajstić information content (AvgIpc) is 1.62. The minimum Gasteiger partial charge on any atom is -0.0924 e. The van der Waals surface area contributed by atoms with Gasteiger partial charge in [-0.1, -0.05) is 28.0 Å². The van der Waals surface area contributed by atoms with Crippen LogP contribution < -0.4 is 0 Å². The summed E-state index contributed by atoms with van der Waals surface area (Å²) in [4.78, 5) is 0. The third-order valence-corrected chi connectivity index (χ3v) is 4.15. The molecule has 0 unspecified atom stereocenters. The van der Waals surface area contributed by atoms with Crippen LogP contribution in [0.25, 0.3) is 0 Å². The molecule has 0 aromatic heterocycles. The molecule has 0 N–H and O–H groups in total. The van der Waals surface area contributed by atoms with Gasteiger partial charge >= 0.3 is 0 Å². The lowest BCUT2D eigenvalue weighted by Gasteiger charge is -1.74. The lowest BCUT2D eigenvalue weighted by Crippen LogP contribution is -1.96. The second kappa shape index (κ2) is 3.94. The van der Waals surface area contributed by atoms with E-state index in [1.807, 2.05) is 0 Å². The van der Waals surface area contributed by atoms with Crippen molar-refractivity contribution in [3.05, 3.63) is 11.8 Å². The Labute approximate surface area is 55.9 Å². The fraction of sp³-hybridized carbons (Fsp3) is 0. The molecule has 1 aliphatic heterocycles. The molecular weight excluding hydrogens is 144 g/mol. The van der Waals surface area contributed by atoms with Gasteiger partial charge in [0.2, 0.25) is 0 Å². The first-order valence-corrected chi connectivity index (χ1v) is 5.86. The summed E-state index contributed by atoms with van der Waals surface area (Å²) in [5.74, 6) is 0. The first-order chi connectivity index (χ1) is 4.00. The Hall–Kier alpha value is 0.000649. The first-order valence-electron chi connectivity index (χ1n) is 2.40. The van der Waals surface area contributed by atoms with Crippen molar-refractivity contribution >= 4 is 43.7 Å². The van der Waals surface area contributed by atoms with E-state index < -0.39 is 0 Å². The summed E-state index contributed by atoms with van der Waals surface area (Å²) in [6, 6.07) is 0. The molecule has 0 spiro atoms. The maximum atomic E-state index is 2.34. The van der Waals surface area contributed by atoms with Gasteiger partial charge in [0.25, 0.3) is 0 Å². The molecule has 8 heavy (non-hydrogen) atoms. The minimum absolute atomic E-state index is 0.939. The van der Waals surface area contributed by atoms with Crippen molar-refractivity contribution in [3.8, 4) is 0 Å². The van der Waals surface area contributed by atoms with Gasteiger partial charge in [-0.3, -0.25) is 0 Å². The van der Waals surface area contributed by atoms with Gasteiger partial charge in [-0.2, -0.15) is 0 Å². The first kappa shape index (κ1) is 6.13. The van der Waals surface area contributed by atoms with E-state index in [9.17, 15) is 0 Å². The van der Waals surface area contributed by atoms with Crippen LogP contribution in [-0.4, -0.2) is 43.7 Å². The molecule has 0 atom stereocenters. The van der Waals surface area contributed by atoms with Gasteiger partial charge in [-0.25, -0.2) is 0 Å². The number of rotatable bonds is 0. The van der Waals surface area contributed by atoms with E-state index in [4.69, 9.17) is 0 Å². The predicted octanol–water partition coefficient (Wildman–Crippen LogP) is -1.05. The van der Waals surface area contributed by atoms with E-state index in [1.54, 1.807) is 0 Å². The minimum atomic E-state index is 0.939. The Morgan fingerprint density at radius 2 is 1.75 bits per heavy atom. The molecular formula is C5H5Si3. The number of hydrogen-bond acceptors (Lipinski definition) is 0. The molecule has 0 amide bonds. The zero-order chi connectivity index (χ0) is 5.66. The van der Waals surface area contributed by atoms with Crippen LogP contribution in [-0.2, 0) is 0 Å². The quantitative estimate of drug-likeness (QED) is 0.386. The molecule has 0 saturated carbocycles. The van der Waals surface area contributed by atoms with E-state index in [0.29, 0.717) is 0 Å². The van der Waals surface area contributed by atoms with Gasteiger partial charge in [0, 0.05) is 27.4 Å². The summed E-state index contributed by atoms with van der Waals surface area (Å²) in [5, 5.41) is 4.69. The van der Waals surface area contributed by atoms with Crippen LogP contribution in [0.15, 0.2) is 11.8 Å². The van der Waals surface area contributed by atoms with Crippen LogP contribution in [0, 0.1) is 0 Å². The van der Waals surface area contributed by atoms with Crippen LogP contribution in [0.2, 0.25) is 0 Å². The number of allylic oxidation sites excluding steroid dienone is 1. The van der Waals surface area contributed by atoms with E-state index >= 15 is 0 Å². The van der Waals surface area contributed by atoms with Crippen molar-refractivity contribution in [1.29, 1.82) is 0 Å². The summed E-state index contributed by atoms with van der Waals surface area (Å²) in [5.41, 5.74) is 4.46. The SMILES string of the molecule is C1=[Si]C=[Si]C=[Si]/C=C\1. The average molecular weight is 149 g/mol. The van der Waals surface area contributed by atoms with Crippen molar-refractivity contribution in [2.75, 3.05) is 0 Å². The van der Waals surface area contributed by atoms with Crippen molar-refractivity contribution < 1.29 is 0 Å². The van der Waals surface area contributed by atoms with Gasteiger partial charge in [-0.05, 0) is 0 Å². The third-order valence-electron chi connectivity index (χ3n) is 0.718. The van der Waals surface area contributed by atoms with Crippen LogP contribution in [0.4, 0.5) is 0 Å². The Bertz CT molecular complexity index is 109. The zero-order valence-corrected chi connectivity index (χ0v) is 7.39. The zero-order valence-electron chi connectivity index (χ0n) is 4.39. The van der Waals surface area contributed by atoms with Gasteiger partial charge in [0.05, 0.1) is 0 Å². The Balaban J connectivity index is 2.67. The smallest absolute Gasteiger partial charge is 0.0456 e. The highest BCUT2D eigenvalue weighted by Gasteiger charge is 1.68. The molecule has 1 aliphatic rings. The fourth-order valence-corrected chi connectivity index (χ4v) is 3.62. The van der Waals surface area contributed by atoms with E-state index in [1.165, 1.54) is 0 Å². The normalized spacial score (nSPS) is 20.0. The van der Waals surface area contributed by atoms with Crippen LogP contribution in [0.5, 0.6) is 0 Å². The Kier molecular flexibility index (Phi) is 3.02. The molecule has 0 aromatic carbocycles. The van der Waals surface area contributed by atoms with Gasteiger partial charge < -0.3 is 0 Å². The second-order valence-electron chi connectivity index (χ2n) is 1.31. The molecule has 0 nitrogen and oxygen atoms in total. The molecule has 0 aromatic rings. The number of hydrogen-bond donors (Lipinski definition) is 0. The van der Waals surface area contributed by atoms with Crippen molar-refractivity contribution in [2.24, 2.45) is 0 Å². The van der Waals surface area contributed by atoms with Crippen LogP contribution in [0.1, 0.15) is 0 Å². The summed E-state index contributed by atoms with van der Waals surface area (Å²) >= 11 is 0. The summed E-state index contributed by atoms with van der Waals surface area (Å²) in [7, 11) is 2.86. The second-order valence-corrected chi connectivity index (χ2v) is 5.29. The maximum absolute atomic E-state index is 2.34. The maximum Gasteiger partial charge on any atom is 0.0456 e. The molecule has 0 bridgehead atoms. The van der Waals surface area contributed by atoms with Crippen molar-refractivity contribution in [2.45, 2.75) is 0 Å². The highest BCUT2D eigenvalue weighted by molar-refractivity contribution is 7.00. The molecule has 37 valence electrons. The van der Waals surface area contributed by atoms with E-state index in [-0.39, 0.29) is 0 Å². The largest absolute Gasteiger partial charge is 0.0924 e. The summed E-state index contributed by atoms with van der Waals surface area (Å²) in [6.45, 7) is 0. The summed E-state index contributed by atoms with van der Waals surface area (Å²) < 4.78 is 0. The predicted molar refractivity (Wildman–Crippen MR) is 44.6 cm³/mol. The standard InChI is InChI=1S/C5H5Si3/c1-2-6-4-8-5-7-3-1/h1-5H/b2-1-,3-1?,6-2?,6-4?,7-3?,7-5?,8-4?,8-5?. The topological polar surface area (TPSA) is 0 Å². The van der Waals surface area contributed by atoms with Crippen molar-refractivity contribution in [3.63, 3.8) is 0 Å². The lowest BCUT2D eigenvalue weighted by molar-refractivity contribution is 2.43. The molecule has 0 aliphatic carbocycles. The third kappa shape index (κ3) is 2.34. The molecule has 0 saturated heterocycles. The van der Waals surface area contributed by atoms with Crippen LogP contribution >= 0.6 is 0 Å². The molecule has 3 radical (unpaired) electrons. The van der Waals surface area contributed by atoms with E-state index in [0.717, 1.165) is 27.4 Å². The van der Waals surface area contributed by atoms with Crippen molar-refractivity contribution in [1.82, 2.24) is 0 Å². The fourth-order valence-electron chi connectivity index (χ4n) is 0.393. The van der Waals surface area contributed by atoms with Gasteiger partial charge in [0.15, 0.2) is 0 Å². The molecule has 1 rings (SSSR count).